The van der Waals surface area contributed by atoms with Crippen LogP contribution in [0.1, 0.15) is 29.7 Å². The first-order valence-corrected chi connectivity index (χ1v) is 6.27. The van der Waals surface area contributed by atoms with Crippen LogP contribution in [0.2, 0.25) is 0 Å². The van der Waals surface area contributed by atoms with Crippen molar-refractivity contribution in [2.75, 3.05) is 0 Å². The van der Waals surface area contributed by atoms with Crippen LogP contribution in [0.4, 0.5) is 4.39 Å². The highest BCUT2D eigenvalue weighted by Crippen LogP contribution is 2.24. The van der Waals surface area contributed by atoms with Gasteiger partial charge in [-0.05, 0) is 30.7 Å². The highest BCUT2D eigenvalue weighted by Gasteiger charge is 2.08. The Kier molecular flexibility index (Phi) is 4.34. The van der Waals surface area contributed by atoms with E-state index in [0.29, 0.717) is 5.75 Å². The molecule has 0 bridgehead atoms. The van der Waals surface area contributed by atoms with Crippen LogP contribution >= 0.6 is 0 Å². The Bertz CT molecular complexity index is 647. The Morgan fingerprint density at radius 1 is 1.30 bits per heavy atom. The minimum Gasteiger partial charge on any atom is -0.489 e. The second kappa shape index (κ2) is 6.18. The van der Waals surface area contributed by atoms with Crippen molar-refractivity contribution in [2.45, 2.75) is 19.6 Å². The summed E-state index contributed by atoms with van der Waals surface area (Å²) in [5.74, 6) is 0.178. The van der Waals surface area contributed by atoms with Crippen molar-refractivity contribution >= 4 is 0 Å². The normalized spacial score (nSPS) is 11.7. The number of rotatable bonds is 4. The number of hydrogen-bond acceptors (Lipinski definition) is 3. The largest absolute Gasteiger partial charge is 0.489 e. The molecule has 1 atom stereocenters. The van der Waals surface area contributed by atoms with Crippen LogP contribution in [-0.4, -0.2) is 0 Å². The lowest BCUT2D eigenvalue weighted by molar-refractivity contribution is 0.301. The van der Waals surface area contributed by atoms with E-state index in [4.69, 9.17) is 15.7 Å². The van der Waals surface area contributed by atoms with E-state index in [1.54, 1.807) is 6.07 Å². The zero-order chi connectivity index (χ0) is 14.5. The van der Waals surface area contributed by atoms with Crippen LogP contribution in [0.25, 0.3) is 0 Å². The van der Waals surface area contributed by atoms with Crippen molar-refractivity contribution in [1.29, 1.82) is 5.26 Å². The molecule has 0 aliphatic heterocycles. The van der Waals surface area contributed by atoms with E-state index >= 15 is 0 Å². The number of nitrogens with two attached hydrogens (primary N) is 1. The van der Waals surface area contributed by atoms with E-state index in [0.717, 1.165) is 11.1 Å². The molecule has 0 aliphatic carbocycles. The SMILES string of the molecule is C[C@@H](N)c1ccccc1OCc1ccc(F)c(C#N)c1. The molecule has 20 heavy (non-hydrogen) atoms. The molecule has 3 nitrogen and oxygen atoms in total. The molecule has 2 aromatic rings. The molecule has 2 N–H and O–H groups in total. The Morgan fingerprint density at radius 3 is 2.75 bits per heavy atom. The molecule has 0 spiro atoms. The number of hydrogen-bond donors (Lipinski definition) is 1. The Labute approximate surface area is 117 Å². The Balaban J connectivity index is 2.15. The predicted octanol–water partition coefficient (Wildman–Crippen LogP) is 3.30. The summed E-state index contributed by atoms with van der Waals surface area (Å²) in [6.45, 7) is 2.15. The number of benzene rings is 2. The van der Waals surface area contributed by atoms with E-state index in [1.165, 1.54) is 12.1 Å². The van der Waals surface area contributed by atoms with Gasteiger partial charge in [-0.2, -0.15) is 5.26 Å². The van der Waals surface area contributed by atoms with Crippen LogP contribution in [0.3, 0.4) is 0 Å². The van der Waals surface area contributed by atoms with Gasteiger partial charge < -0.3 is 10.5 Å². The highest BCUT2D eigenvalue weighted by molar-refractivity contribution is 5.37. The number of halogens is 1. The third-order valence-corrected chi connectivity index (χ3v) is 2.96. The van der Waals surface area contributed by atoms with Crippen molar-refractivity contribution in [3.05, 3.63) is 65.0 Å². The number of ether oxygens (including phenoxy) is 1. The monoisotopic (exact) mass is 270 g/mol. The minimum absolute atomic E-state index is 0.0200. The van der Waals surface area contributed by atoms with Crippen molar-refractivity contribution in [1.82, 2.24) is 0 Å². The zero-order valence-corrected chi connectivity index (χ0v) is 11.1. The Hall–Kier alpha value is -2.38. The molecule has 0 saturated carbocycles. The molecule has 2 rings (SSSR count). The molecule has 0 aromatic heterocycles. The van der Waals surface area contributed by atoms with Gasteiger partial charge >= 0.3 is 0 Å². The first-order chi connectivity index (χ1) is 9.61. The lowest BCUT2D eigenvalue weighted by Crippen LogP contribution is -2.08. The van der Waals surface area contributed by atoms with Gasteiger partial charge in [0.1, 0.15) is 24.2 Å². The molecule has 0 fully saturated rings. The van der Waals surface area contributed by atoms with E-state index in [2.05, 4.69) is 0 Å². The van der Waals surface area contributed by atoms with Gasteiger partial charge in [-0.1, -0.05) is 24.3 Å². The van der Waals surface area contributed by atoms with Gasteiger partial charge in [0.2, 0.25) is 0 Å². The minimum atomic E-state index is -0.521. The smallest absolute Gasteiger partial charge is 0.140 e. The Morgan fingerprint density at radius 2 is 2.05 bits per heavy atom. The lowest BCUT2D eigenvalue weighted by Gasteiger charge is -2.14. The first kappa shape index (κ1) is 14.0. The van der Waals surface area contributed by atoms with E-state index < -0.39 is 5.82 Å². The average molecular weight is 270 g/mol. The molecular weight excluding hydrogens is 255 g/mol. The molecule has 2 aromatic carbocycles. The lowest BCUT2D eigenvalue weighted by atomic mass is 10.1. The maximum atomic E-state index is 13.2. The molecule has 0 radical (unpaired) electrons. The molecule has 0 saturated heterocycles. The second-order valence-electron chi connectivity index (χ2n) is 4.54. The maximum Gasteiger partial charge on any atom is 0.140 e. The van der Waals surface area contributed by atoms with E-state index in [-0.39, 0.29) is 18.2 Å². The topological polar surface area (TPSA) is 59.0 Å². The molecule has 0 unspecified atom stereocenters. The molecular formula is C16H15FN2O. The van der Waals surface area contributed by atoms with Crippen molar-refractivity contribution in [3.8, 4) is 11.8 Å². The summed E-state index contributed by atoms with van der Waals surface area (Å²) in [5, 5.41) is 8.80. The van der Waals surface area contributed by atoms with Crippen LogP contribution in [0.15, 0.2) is 42.5 Å². The molecule has 0 heterocycles. The quantitative estimate of drug-likeness (QED) is 0.927. The summed E-state index contributed by atoms with van der Waals surface area (Å²) in [5.41, 5.74) is 7.55. The fraction of sp³-hybridized carbons (Fsp3) is 0.188. The molecule has 0 aliphatic rings. The summed E-state index contributed by atoms with van der Waals surface area (Å²) >= 11 is 0. The van der Waals surface area contributed by atoms with Crippen molar-refractivity contribution in [3.63, 3.8) is 0 Å². The van der Waals surface area contributed by atoms with E-state index in [1.807, 2.05) is 37.3 Å². The standard InChI is InChI=1S/C16H15FN2O/c1-11(19)14-4-2-3-5-16(14)20-10-12-6-7-15(17)13(8-12)9-18/h2-8,11H,10,19H2,1H3/t11-/m1/s1. The molecule has 4 heteroatoms. The zero-order valence-electron chi connectivity index (χ0n) is 11.1. The van der Waals surface area contributed by atoms with Crippen LogP contribution in [0.5, 0.6) is 5.75 Å². The van der Waals surface area contributed by atoms with Crippen LogP contribution in [0, 0.1) is 17.1 Å². The summed E-state index contributed by atoms with van der Waals surface area (Å²) < 4.78 is 18.9. The number of nitrogens with zero attached hydrogens (tertiary/aromatic N) is 1. The fourth-order valence-corrected chi connectivity index (χ4v) is 1.90. The summed E-state index contributed by atoms with van der Waals surface area (Å²) in [6.07, 6.45) is 0. The third-order valence-electron chi connectivity index (χ3n) is 2.96. The first-order valence-electron chi connectivity index (χ1n) is 6.27. The summed E-state index contributed by atoms with van der Waals surface area (Å²) in [7, 11) is 0. The maximum absolute atomic E-state index is 13.2. The van der Waals surface area contributed by atoms with Gasteiger partial charge in [-0.15, -0.1) is 0 Å². The average Bonchev–Trinajstić information content (AvgIpc) is 2.46. The van der Waals surface area contributed by atoms with Gasteiger partial charge in [0.15, 0.2) is 0 Å². The fourth-order valence-electron chi connectivity index (χ4n) is 1.90. The molecule has 102 valence electrons. The third kappa shape index (κ3) is 3.14. The van der Waals surface area contributed by atoms with Crippen LogP contribution < -0.4 is 10.5 Å². The number of para-hydroxylation sites is 1. The number of nitriles is 1. The van der Waals surface area contributed by atoms with Gasteiger partial charge in [-0.3, -0.25) is 0 Å². The van der Waals surface area contributed by atoms with Crippen molar-refractivity contribution in [2.24, 2.45) is 5.73 Å². The van der Waals surface area contributed by atoms with E-state index in [9.17, 15) is 4.39 Å². The molecule has 0 amide bonds. The van der Waals surface area contributed by atoms with Gasteiger partial charge in [0, 0.05) is 11.6 Å². The highest BCUT2D eigenvalue weighted by atomic mass is 19.1. The predicted molar refractivity (Wildman–Crippen MR) is 74.5 cm³/mol. The summed E-state index contributed by atoms with van der Waals surface area (Å²) in [4.78, 5) is 0. The van der Waals surface area contributed by atoms with Crippen LogP contribution in [-0.2, 0) is 6.61 Å². The second-order valence-corrected chi connectivity index (χ2v) is 4.54. The van der Waals surface area contributed by atoms with Crippen molar-refractivity contribution < 1.29 is 9.13 Å². The summed E-state index contributed by atoms with van der Waals surface area (Å²) in [6, 6.07) is 13.6. The van der Waals surface area contributed by atoms with Gasteiger partial charge in [0.05, 0.1) is 5.56 Å². The van der Waals surface area contributed by atoms with Gasteiger partial charge in [0.25, 0.3) is 0 Å². The van der Waals surface area contributed by atoms with Gasteiger partial charge in [-0.25, -0.2) is 4.39 Å².